The van der Waals surface area contributed by atoms with E-state index in [-0.39, 0.29) is 13.1 Å². The van der Waals surface area contributed by atoms with Gasteiger partial charge in [-0.25, -0.2) is 0 Å². The van der Waals surface area contributed by atoms with Gasteiger partial charge in [-0.2, -0.15) is 0 Å². The highest BCUT2D eigenvalue weighted by atomic mass is 16.4. The van der Waals surface area contributed by atoms with Crippen LogP contribution in [0, 0.1) is 0 Å². The molecule has 208 valence electrons. The Labute approximate surface area is 208 Å². The molecular weight excluding hydrogens is 508 g/mol. The highest BCUT2D eigenvalue weighted by Crippen LogP contribution is 2.03. The lowest BCUT2D eigenvalue weighted by Gasteiger charge is -2.27. The third-order valence-electron chi connectivity index (χ3n) is 4.47. The Morgan fingerprint density at radius 3 is 0.838 bits per heavy atom. The molecule has 37 heavy (non-hydrogen) atoms. The largest absolute Gasteiger partial charge is 0.480 e. The van der Waals surface area contributed by atoms with Crippen LogP contribution in [0.2, 0.25) is 0 Å². The zero-order valence-electron chi connectivity index (χ0n) is 19.5. The number of aliphatic carboxylic acids is 6. The van der Waals surface area contributed by atoms with Crippen LogP contribution in [0.3, 0.4) is 0 Å². The van der Waals surface area contributed by atoms with Gasteiger partial charge in [0.2, 0.25) is 11.8 Å². The summed E-state index contributed by atoms with van der Waals surface area (Å²) < 4.78 is 0. The second kappa shape index (κ2) is 16.4. The lowest BCUT2D eigenvalue weighted by molar-refractivity contribution is -0.150. The predicted octanol–water partition coefficient (Wildman–Crippen LogP) is -3.85. The zero-order valence-corrected chi connectivity index (χ0v) is 19.5. The van der Waals surface area contributed by atoms with Crippen LogP contribution in [-0.2, 0) is 38.4 Å². The van der Waals surface area contributed by atoms with E-state index < -0.39 is 106 Å². The molecule has 6 N–H and O–H groups in total. The minimum atomic E-state index is -1.50. The Morgan fingerprint density at radius 2 is 0.622 bits per heavy atom. The lowest BCUT2D eigenvalue weighted by Crippen LogP contribution is -2.47. The third-order valence-corrected chi connectivity index (χ3v) is 4.47. The summed E-state index contributed by atoms with van der Waals surface area (Å²) >= 11 is 0. The summed E-state index contributed by atoms with van der Waals surface area (Å²) in [7, 11) is 0. The van der Waals surface area contributed by atoms with Gasteiger partial charge in [0.15, 0.2) is 0 Å². The quantitative estimate of drug-likeness (QED) is 0.0812. The van der Waals surface area contributed by atoms with Gasteiger partial charge in [-0.15, -0.1) is 0 Å². The number of carboxylic acids is 6. The number of carbonyl (C=O) groups excluding carboxylic acids is 2. The third kappa shape index (κ3) is 16.1. The molecule has 0 aromatic carbocycles. The Balaban J connectivity index is 5.45. The van der Waals surface area contributed by atoms with Crippen molar-refractivity contribution < 1.29 is 69.0 Å². The Morgan fingerprint density at radius 1 is 0.378 bits per heavy atom. The Bertz CT molecular complexity index is 790. The highest BCUT2D eigenvalue weighted by Gasteiger charge is 2.26. The first-order valence-corrected chi connectivity index (χ1v) is 10.4. The van der Waals surface area contributed by atoms with Gasteiger partial charge in [0.05, 0.1) is 26.2 Å². The van der Waals surface area contributed by atoms with Crippen molar-refractivity contribution in [2.45, 2.75) is 6.42 Å². The van der Waals surface area contributed by atoms with Gasteiger partial charge in [-0.1, -0.05) is 0 Å². The molecule has 0 radical (unpaired) electrons. The van der Waals surface area contributed by atoms with Crippen molar-refractivity contribution in [3.8, 4) is 0 Å². The standard InChI is InChI=1S/C19H28N4O14/c24-12(22(10-18(34)35)3-1-20(6-14(26)27)7-15(28)29)5-13(25)23(11-19(36)37)4-2-21(8-16(30)31)9-17(32)33/h1-11H2,(H,26,27)(H,28,29)(H,30,31)(H,32,33)(H,34,35)(H,36,37). The monoisotopic (exact) mass is 536 g/mol. The fourth-order valence-corrected chi connectivity index (χ4v) is 2.98. The molecule has 18 nitrogen and oxygen atoms in total. The normalized spacial score (nSPS) is 10.6. The van der Waals surface area contributed by atoms with Crippen molar-refractivity contribution in [3.63, 3.8) is 0 Å². The van der Waals surface area contributed by atoms with E-state index >= 15 is 0 Å². The molecule has 0 aliphatic carbocycles. The van der Waals surface area contributed by atoms with E-state index in [9.17, 15) is 38.4 Å². The number of carboxylic acid groups (broad SMARTS) is 6. The van der Waals surface area contributed by atoms with Gasteiger partial charge in [0, 0.05) is 26.2 Å². The van der Waals surface area contributed by atoms with Crippen LogP contribution in [-0.4, -0.2) is 163 Å². The average Bonchev–Trinajstić information content (AvgIpc) is 2.71. The Kier molecular flexibility index (Phi) is 14.5. The van der Waals surface area contributed by atoms with Crippen LogP contribution in [0.15, 0.2) is 0 Å². The molecule has 0 aliphatic rings. The first-order chi connectivity index (χ1) is 17.1. The molecule has 0 fully saturated rings. The summed E-state index contributed by atoms with van der Waals surface area (Å²) in [6.45, 7) is -6.44. The number of carbonyl (C=O) groups is 8. The van der Waals surface area contributed by atoms with Crippen molar-refractivity contribution in [2.24, 2.45) is 0 Å². The van der Waals surface area contributed by atoms with Gasteiger partial charge in [0.1, 0.15) is 19.5 Å². The van der Waals surface area contributed by atoms with E-state index in [1.165, 1.54) is 0 Å². The molecule has 0 aliphatic heterocycles. The number of nitrogens with zero attached hydrogens (tertiary/aromatic N) is 4. The molecular formula is C19H28N4O14. The van der Waals surface area contributed by atoms with Crippen molar-refractivity contribution >= 4 is 47.6 Å². The molecule has 0 atom stereocenters. The van der Waals surface area contributed by atoms with Crippen LogP contribution in [0.4, 0.5) is 0 Å². The zero-order chi connectivity index (χ0) is 28.7. The number of hydrogen-bond donors (Lipinski definition) is 6. The molecule has 0 rings (SSSR count). The van der Waals surface area contributed by atoms with Gasteiger partial charge < -0.3 is 40.4 Å². The van der Waals surface area contributed by atoms with E-state index in [4.69, 9.17) is 30.6 Å². The van der Waals surface area contributed by atoms with E-state index in [0.29, 0.717) is 9.80 Å². The fourth-order valence-electron chi connectivity index (χ4n) is 2.98. The SMILES string of the molecule is O=C(O)CN(CCN(CC(=O)O)C(=O)CC(=O)N(CCN(CC(=O)O)CC(=O)O)CC(=O)O)CC(=O)O. The van der Waals surface area contributed by atoms with Gasteiger partial charge in [-0.05, 0) is 0 Å². The van der Waals surface area contributed by atoms with Crippen molar-refractivity contribution in [1.29, 1.82) is 0 Å². The van der Waals surface area contributed by atoms with E-state index in [2.05, 4.69) is 0 Å². The first kappa shape index (κ1) is 32.7. The summed E-state index contributed by atoms with van der Waals surface area (Å²) in [4.78, 5) is 94.3. The first-order valence-electron chi connectivity index (χ1n) is 10.4. The summed E-state index contributed by atoms with van der Waals surface area (Å²) in [5, 5.41) is 53.7. The molecule has 0 saturated carbocycles. The van der Waals surface area contributed by atoms with E-state index in [1.54, 1.807) is 0 Å². The number of hydrogen-bond acceptors (Lipinski definition) is 10. The smallest absolute Gasteiger partial charge is 0.323 e. The average molecular weight is 536 g/mol. The van der Waals surface area contributed by atoms with Crippen LogP contribution in [0.1, 0.15) is 6.42 Å². The molecule has 0 aromatic rings. The van der Waals surface area contributed by atoms with Gasteiger partial charge in [0.25, 0.3) is 0 Å². The fraction of sp³-hybridized carbons (Fsp3) is 0.579. The maximum atomic E-state index is 12.6. The molecule has 0 spiro atoms. The van der Waals surface area contributed by atoms with Gasteiger partial charge >= 0.3 is 35.8 Å². The number of amides is 2. The highest BCUT2D eigenvalue weighted by molar-refractivity contribution is 5.98. The second-order valence-electron chi connectivity index (χ2n) is 7.59. The molecule has 0 heterocycles. The maximum absolute atomic E-state index is 12.6. The minimum absolute atomic E-state index is 0.371. The van der Waals surface area contributed by atoms with Crippen LogP contribution < -0.4 is 0 Å². The lowest BCUT2D eigenvalue weighted by atomic mass is 10.2. The maximum Gasteiger partial charge on any atom is 0.323 e. The second-order valence-corrected chi connectivity index (χ2v) is 7.59. The summed E-state index contributed by atoms with van der Waals surface area (Å²) in [5.41, 5.74) is 0. The molecule has 0 bridgehead atoms. The van der Waals surface area contributed by atoms with Crippen molar-refractivity contribution in [3.05, 3.63) is 0 Å². The van der Waals surface area contributed by atoms with Crippen LogP contribution in [0.25, 0.3) is 0 Å². The number of rotatable bonds is 20. The van der Waals surface area contributed by atoms with Crippen LogP contribution in [0.5, 0.6) is 0 Å². The molecule has 18 heteroatoms. The minimum Gasteiger partial charge on any atom is -0.480 e. The molecule has 0 unspecified atom stereocenters. The van der Waals surface area contributed by atoms with E-state index in [0.717, 1.165) is 9.80 Å². The molecule has 0 aromatic heterocycles. The summed E-state index contributed by atoms with van der Waals surface area (Å²) in [6, 6.07) is 0. The summed E-state index contributed by atoms with van der Waals surface area (Å²) in [6.07, 6.45) is -1.02. The predicted molar refractivity (Wildman–Crippen MR) is 116 cm³/mol. The Hall–Kier alpha value is -4.32. The summed E-state index contributed by atoms with van der Waals surface area (Å²) in [5.74, 6) is -10.7. The molecule has 0 saturated heterocycles. The van der Waals surface area contributed by atoms with Crippen molar-refractivity contribution in [1.82, 2.24) is 19.6 Å². The molecule has 2 amide bonds. The van der Waals surface area contributed by atoms with Gasteiger partial charge in [-0.3, -0.25) is 48.2 Å². The van der Waals surface area contributed by atoms with Crippen LogP contribution >= 0.6 is 0 Å². The topological polar surface area (TPSA) is 271 Å². The van der Waals surface area contributed by atoms with E-state index in [1.807, 2.05) is 0 Å². The van der Waals surface area contributed by atoms with Crippen molar-refractivity contribution in [2.75, 3.05) is 65.4 Å².